The second-order valence-electron chi connectivity index (χ2n) is 4.68. The molecule has 1 saturated heterocycles. The van der Waals surface area contributed by atoms with Gasteiger partial charge < -0.3 is 4.74 Å². The van der Waals surface area contributed by atoms with Crippen LogP contribution in [0.3, 0.4) is 0 Å². The van der Waals surface area contributed by atoms with Gasteiger partial charge in [0.25, 0.3) is 0 Å². The summed E-state index contributed by atoms with van der Waals surface area (Å²) >= 11 is 0. The van der Waals surface area contributed by atoms with E-state index in [1.165, 1.54) is 0 Å². The molecule has 0 N–H and O–H groups in total. The van der Waals surface area contributed by atoms with Crippen LogP contribution >= 0.6 is 0 Å². The topological polar surface area (TPSA) is 46.6 Å². The largest absolute Gasteiger partial charge is 0.379 e. The van der Waals surface area contributed by atoms with Gasteiger partial charge in [-0.05, 0) is 12.3 Å². The second kappa shape index (κ2) is 7.34. The molecule has 0 radical (unpaired) electrons. The fourth-order valence-electron chi connectivity index (χ4n) is 2.23. The molecule has 17 heavy (non-hydrogen) atoms. The van der Waals surface area contributed by atoms with Gasteiger partial charge >= 0.3 is 0 Å². The molecule has 0 amide bonds. The lowest BCUT2D eigenvalue weighted by atomic mass is 9.98. The Labute approximate surface area is 105 Å². The van der Waals surface area contributed by atoms with Gasteiger partial charge in [-0.25, -0.2) is 8.42 Å². The number of nitrogens with zero attached hydrogens (tertiary/aromatic N) is 1. The van der Waals surface area contributed by atoms with Crippen LogP contribution < -0.4 is 0 Å². The second-order valence-corrected chi connectivity index (χ2v) is 6.77. The maximum absolute atomic E-state index is 12.1. The van der Waals surface area contributed by atoms with Crippen molar-refractivity contribution in [2.24, 2.45) is 5.92 Å². The minimum absolute atomic E-state index is 0.297. The van der Waals surface area contributed by atoms with E-state index in [-0.39, 0.29) is 0 Å². The lowest BCUT2D eigenvalue weighted by Crippen LogP contribution is -2.42. The van der Waals surface area contributed by atoms with Gasteiger partial charge in [0.2, 0.25) is 10.0 Å². The molecule has 0 spiro atoms. The molecule has 4 nitrogen and oxygen atoms in total. The third-order valence-corrected chi connectivity index (χ3v) is 5.33. The zero-order chi connectivity index (χ0) is 12.7. The third-order valence-electron chi connectivity index (χ3n) is 3.42. The molecule has 0 aromatic rings. The monoisotopic (exact) mass is 263 g/mol. The van der Waals surface area contributed by atoms with Gasteiger partial charge in [-0.1, -0.05) is 33.1 Å². The van der Waals surface area contributed by atoms with Gasteiger partial charge in [-0.3, -0.25) is 0 Å². The summed E-state index contributed by atoms with van der Waals surface area (Å²) in [6.07, 6.45) is 4.14. The van der Waals surface area contributed by atoms with Crippen molar-refractivity contribution in [2.75, 3.05) is 32.1 Å². The van der Waals surface area contributed by atoms with Gasteiger partial charge in [-0.15, -0.1) is 0 Å². The normalized spacial score (nSPS) is 20.4. The zero-order valence-electron chi connectivity index (χ0n) is 11.0. The van der Waals surface area contributed by atoms with E-state index in [9.17, 15) is 8.42 Å². The summed E-state index contributed by atoms with van der Waals surface area (Å²) in [6.45, 7) is 6.40. The Hall–Kier alpha value is -0.130. The van der Waals surface area contributed by atoms with Gasteiger partial charge in [-0.2, -0.15) is 4.31 Å². The van der Waals surface area contributed by atoms with Crippen molar-refractivity contribution in [3.8, 4) is 0 Å². The van der Waals surface area contributed by atoms with E-state index in [4.69, 9.17) is 4.74 Å². The van der Waals surface area contributed by atoms with E-state index in [2.05, 4.69) is 13.8 Å². The fourth-order valence-corrected chi connectivity index (χ4v) is 3.83. The summed E-state index contributed by atoms with van der Waals surface area (Å²) in [4.78, 5) is 0. The van der Waals surface area contributed by atoms with E-state index < -0.39 is 10.0 Å². The lowest BCUT2D eigenvalue weighted by Gasteiger charge is -2.26. The van der Waals surface area contributed by atoms with Crippen LogP contribution in [0, 0.1) is 5.92 Å². The van der Waals surface area contributed by atoms with E-state index >= 15 is 0 Å². The summed E-state index contributed by atoms with van der Waals surface area (Å²) in [7, 11) is -3.05. The molecule has 1 aliphatic heterocycles. The molecule has 1 fully saturated rings. The van der Waals surface area contributed by atoms with Crippen molar-refractivity contribution in [1.82, 2.24) is 4.31 Å². The average Bonchev–Trinajstić information content (AvgIpc) is 2.35. The molecular weight excluding hydrogens is 238 g/mol. The van der Waals surface area contributed by atoms with Crippen LogP contribution in [0.5, 0.6) is 0 Å². The summed E-state index contributed by atoms with van der Waals surface area (Å²) in [5.74, 6) is 0.849. The van der Waals surface area contributed by atoms with Gasteiger partial charge in [0, 0.05) is 13.1 Å². The molecule has 1 unspecified atom stereocenters. The first-order chi connectivity index (χ1) is 8.10. The molecule has 0 aliphatic carbocycles. The first-order valence-corrected chi connectivity index (χ1v) is 8.26. The highest BCUT2D eigenvalue weighted by Gasteiger charge is 2.24. The van der Waals surface area contributed by atoms with Crippen LogP contribution in [0.25, 0.3) is 0 Å². The summed E-state index contributed by atoms with van der Waals surface area (Å²) < 4.78 is 30.9. The zero-order valence-corrected chi connectivity index (χ0v) is 11.8. The number of hydrogen-bond acceptors (Lipinski definition) is 3. The Balaban J connectivity index is 2.42. The summed E-state index contributed by atoms with van der Waals surface area (Å²) in [6, 6.07) is 0. The fraction of sp³-hybridized carbons (Fsp3) is 1.00. The molecule has 0 aromatic heterocycles. The average molecular weight is 263 g/mol. The predicted molar refractivity (Wildman–Crippen MR) is 69.5 cm³/mol. The molecule has 1 heterocycles. The van der Waals surface area contributed by atoms with Gasteiger partial charge in [0.05, 0.1) is 19.0 Å². The SMILES string of the molecule is CCCC(CC)CCS(=O)(=O)N1CCOCC1. The molecule has 1 atom stereocenters. The van der Waals surface area contributed by atoms with Crippen LogP contribution in [0.2, 0.25) is 0 Å². The standard InChI is InChI=1S/C12H25NO3S/c1-3-5-12(4-2)6-11-17(14,15)13-7-9-16-10-8-13/h12H,3-11H2,1-2H3. The van der Waals surface area contributed by atoms with Crippen molar-refractivity contribution in [3.63, 3.8) is 0 Å². The van der Waals surface area contributed by atoms with Crippen LogP contribution in [0.15, 0.2) is 0 Å². The Morgan fingerprint density at radius 2 is 1.82 bits per heavy atom. The number of ether oxygens (including phenoxy) is 1. The Morgan fingerprint density at radius 3 is 2.35 bits per heavy atom. The number of rotatable bonds is 7. The van der Waals surface area contributed by atoms with Crippen LogP contribution in [0.1, 0.15) is 39.5 Å². The molecule has 0 aromatic carbocycles. The number of sulfonamides is 1. The molecule has 1 rings (SSSR count). The van der Waals surface area contributed by atoms with Crippen LogP contribution in [-0.2, 0) is 14.8 Å². The Bertz CT molecular complexity index is 297. The van der Waals surface area contributed by atoms with E-state index in [1.807, 2.05) is 0 Å². The highest BCUT2D eigenvalue weighted by atomic mass is 32.2. The van der Waals surface area contributed by atoms with Crippen LogP contribution in [-0.4, -0.2) is 44.8 Å². The van der Waals surface area contributed by atoms with Crippen molar-refractivity contribution in [3.05, 3.63) is 0 Å². The van der Waals surface area contributed by atoms with E-state index in [0.29, 0.717) is 38.0 Å². The van der Waals surface area contributed by atoms with Crippen molar-refractivity contribution in [1.29, 1.82) is 0 Å². The quantitative estimate of drug-likeness (QED) is 0.704. The molecule has 0 bridgehead atoms. The smallest absolute Gasteiger partial charge is 0.214 e. The minimum atomic E-state index is -3.05. The predicted octanol–water partition coefficient (Wildman–Crippen LogP) is 1.86. The minimum Gasteiger partial charge on any atom is -0.379 e. The van der Waals surface area contributed by atoms with Crippen LogP contribution in [0.4, 0.5) is 0 Å². The highest BCUT2D eigenvalue weighted by Crippen LogP contribution is 2.17. The highest BCUT2D eigenvalue weighted by molar-refractivity contribution is 7.89. The third kappa shape index (κ3) is 4.94. The molecule has 5 heteroatoms. The number of morpholine rings is 1. The molecule has 102 valence electrons. The maximum atomic E-state index is 12.1. The molecular formula is C12H25NO3S. The van der Waals surface area contributed by atoms with E-state index in [1.54, 1.807) is 4.31 Å². The van der Waals surface area contributed by atoms with E-state index in [0.717, 1.165) is 25.7 Å². The first-order valence-electron chi connectivity index (χ1n) is 6.65. The summed E-state index contributed by atoms with van der Waals surface area (Å²) in [5.41, 5.74) is 0. The molecule has 0 saturated carbocycles. The van der Waals surface area contributed by atoms with Gasteiger partial charge in [0.1, 0.15) is 0 Å². The Morgan fingerprint density at radius 1 is 1.18 bits per heavy atom. The van der Waals surface area contributed by atoms with Crippen molar-refractivity contribution >= 4 is 10.0 Å². The first kappa shape index (κ1) is 14.9. The lowest BCUT2D eigenvalue weighted by molar-refractivity contribution is 0.0730. The van der Waals surface area contributed by atoms with Crippen molar-refractivity contribution in [2.45, 2.75) is 39.5 Å². The molecule has 1 aliphatic rings. The Kier molecular flexibility index (Phi) is 6.44. The number of hydrogen-bond donors (Lipinski definition) is 0. The summed E-state index contributed by atoms with van der Waals surface area (Å²) in [5, 5.41) is 0. The van der Waals surface area contributed by atoms with Crippen molar-refractivity contribution < 1.29 is 13.2 Å². The van der Waals surface area contributed by atoms with Gasteiger partial charge in [0.15, 0.2) is 0 Å². The maximum Gasteiger partial charge on any atom is 0.214 e.